The molecule has 0 heterocycles. The van der Waals surface area contributed by atoms with Crippen LogP contribution in [0.5, 0.6) is 0 Å². The highest BCUT2D eigenvalue weighted by molar-refractivity contribution is 7.69. The molecule has 0 radical (unpaired) electrons. The minimum Gasteiger partial charge on any atom is -0.375 e. The molecule has 0 saturated heterocycles. The van der Waals surface area contributed by atoms with Crippen molar-refractivity contribution >= 4 is 50.0 Å². The first-order chi connectivity index (χ1) is 11.2. The highest BCUT2D eigenvalue weighted by Gasteiger charge is 2.44. The zero-order chi connectivity index (χ0) is 21.1. The van der Waals surface area contributed by atoms with Crippen molar-refractivity contribution in [3.63, 3.8) is 0 Å². The van der Waals surface area contributed by atoms with E-state index in [9.17, 15) is 0 Å². The Morgan fingerprint density at radius 1 is 0.500 bits per heavy atom. The molecule has 0 aromatic rings. The van der Waals surface area contributed by atoms with Crippen LogP contribution in [0.15, 0.2) is 0 Å². The fraction of sp³-hybridized carbons (Fsp3) is 1.00. The molecule has 0 rings (SSSR count). The smallest absolute Gasteiger partial charge is 0.191 e. The Balaban J connectivity index is 5.95. The standard InChI is InChI=1S/C15H43NO4P2Si4/c1-16(2)15(21(17-23(3,4)5)18-24(6,7)8)22(19-25(9,10)11)20-26(12,13)14/h15H,1-14H3. The molecular formula is C15H43NO4P2Si4. The van der Waals surface area contributed by atoms with Crippen molar-refractivity contribution in [2.45, 2.75) is 84.1 Å². The Kier molecular flexibility index (Phi) is 10.6. The van der Waals surface area contributed by atoms with Crippen molar-refractivity contribution < 1.29 is 16.9 Å². The summed E-state index contributed by atoms with van der Waals surface area (Å²) >= 11 is 0. The van der Waals surface area contributed by atoms with E-state index >= 15 is 0 Å². The Hall–Kier alpha value is 1.53. The molecule has 0 saturated carbocycles. The van der Waals surface area contributed by atoms with Crippen LogP contribution in [0.4, 0.5) is 0 Å². The minimum atomic E-state index is -1.77. The van der Waals surface area contributed by atoms with Crippen LogP contribution in [0.3, 0.4) is 0 Å². The van der Waals surface area contributed by atoms with Crippen molar-refractivity contribution in [3.05, 3.63) is 0 Å². The summed E-state index contributed by atoms with van der Waals surface area (Å²) < 4.78 is 26.4. The number of hydrogen-bond donors (Lipinski definition) is 0. The molecule has 0 fully saturated rings. The van der Waals surface area contributed by atoms with Crippen molar-refractivity contribution in [2.75, 3.05) is 14.1 Å². The van der Waals surface area contributed by atoms with Gasteiger partial charge in [-0.25, -0.2) is 0 Å². The SMILES string of the molecule is CN(C)C(P(O[Si](C)(C)C)O[Si](C)(C)C)P(O[Si](C)(C)C)O[Si](C)(C)C. The molecule has 0 amide bonds. The third-order valence-corrected chi connectivity index (χ3v) is 16.7. The van der Waals surface area contributed by atoms with Gasteiger partial charge in [-0.1, -0.05) is 0 Å². The fourth-order valence-electron chi connectivity index (χ4n) is 1.76. The van der Waals surface area contributed by atoms with E-state index in [4.69, 9.17) is 16.9 Å². The van der Waals surface area contributed by atoms with Gasteiger partial charge in [0.15, 0.2) is 50.0 Å². The third kappa shape index (κ3) is 13.7. The molecule has 0 atom stereocenters. The second-order valence-corrected chi connectivity index (χ2v) is 33.0. The topological polar surface area (TPSA) is 40.2 Å². The predicted octanol–water partition coefficient (Wildman–Crippen LogP) is 6.86. The predicted molar refractivity (Wildman–Crippen MR) is 129 cm³/mol. The maximum absolute atomic E-state index is 6.61. The average Bonchev–Trinajstić information content (AvgIpc) is 2.17. The van der Waals surface area contributed by atoms with Gasteiger partial charge in [0.2, 0.25) is 0 Å². The molecule has 0 aromatic heterocycles. The van der Waals surface area contributed by atoms with Gasteiger partial charge in [0, 0.05) is 0 Å². The van der Waals surface area contributed by atoms with Crippen LogP contribution >= 0.6 is 16.8 Å². The van der Waals surface area contributed by atoms with Crippen LogP contribution in [0.25, 0.3) is 0 Å². The lowest BCUT2D eigenvalue weighted by Gasteiger charge is -2.43. The van der Waals surface area contributed by atoms with E-state index in [0.29, 0.717) is 0 Å². The van der Waals surface area contributed by atoms with Crippen molar-refractivity contribution in [1.82, 2.24) is 4.90 Å². The number of rotatable bonds is 11. The molecule has 158 valence electrons. The lowest BCUT2D eigenvalue weighted by molar-refractivity contribution is 0.360. The van der Waals surface area contributed by atoms with E-state index in [1.807, 2.05) is 0 Å². The quantitative estimate of drug-likeness (QED) is 0.241. The fourth-order valence-corrected chi connectivity index (χ4v) is 15.9. The summed E-state index contributed by atoms with van der Waals surface area (Å²) in [4.78, 5) is 2.21. The van der Waals surface area contributed by atoms with E-state index in [0.717, 1.165) is 0 Å². The van der Waals surface area contributed by atoms with E-state index in [-0.39, 0.29) is 5.52 Å². The van der Waals surface area contributed by atoms with Crippen LogP contribution in [0, 0.1) is 0 Å². The maximum atomic E-state index is 6.61. The summed E-state index contributed by atoms with van der Waals surface area (Å²) in [5, 5.41) is 0. The van der Waals surface area contributed by atoms with Crippen LogP contribution < -0.4 is 0 Å². The molecule has 0 spiro atoms. The van der Waals surface area contributed by atoms with E-state index in [1.165, 1.54) is 0 Å². The largest absolute Gasteiger partial charge is 0.375 e. The number of nitrogens with zero attached hydrogens (tertiary/aromatic N) is 1. The van der Waals surface area contributed by atoms with Crippen LogP contribution in [0.1, 0.15) is 0 Å². The van der Waals surface area contributed by atoms with Gasteiger partial charge < -0.3 is 16.9 Å². The molecule has 0 aliphatic carbocycles. The molecule has 0 bridgehead atoms. The van der Waals surface area contributed by atoms with Gasteiger partial charge in [-0.05, 0) is 92.7 Å². The molecule has 0 unspecified atom stereocenters. The first-order valence-corrected chi connectivity index (χ1v) is 25.3. The summed E-state index contributed by atoms with van der Waals surface area (Å²) in [5.74, 6) is 0. The van der Waals surface area contributed by atoms with Crippen molar-refractivity contribution in [3.8, 4) is 0 Å². The van der Waals surface area contributed by atoms with E-state index in [1.54, 1.807) is 0 Å². The van der Waals surface area contributed by atoms with Crippen LogP contribution in [0.2, 0.25) is 78.6 Å². The molecular weight excluding hydrogens is 432 g/mol. The monoisotopic (exact) mass is 475 g/mol. The lowest BCUT2D eigenvalue weighted by atomic mass is 11.0. The highest BCUT2D eigenvalue weighted by atomic mass is 31.2. The van der Waals surface area contributed by atoms with Gasteiger partial charge in [-0.15, -0.1) is 0 Å². The van der Waals surface area contributed by atoms with Gasteiger partial charge >= 0.3 is 0 Å². The molecule has 5 nitrogen and oxygen atoms in total. The Bertz CT molecular complexity index is 363. The van der Waals surface area contributed by atoms with Crippen LogP contribution in [-0.2, 0) is 16.9 Å². The second kappa shape index (κ2) is 10.0. The van der Waals surface area contributed by atoms with Gasteiger partial charge in [0.1, 0.15) is 5.52 Å². The highest BCUT2D eigenvalue weighted by Crippen LogP contribution is 2.64. The Morgan fingerprint density at radius 3 is 0.808 bits per heavy atom. The normalized spacial score (nSPS) is 15.0. The first kappa shape index (κ1) is 27.5. The van der Waals surface area contributed by atoms with Crippen molar-refractivity contribution in [1.29, 1.82) is 0 Å². The molecule has 0 aromatic carbocycles. The second-order valence-electron chi connectivity index (χ2n) is 10.7. The number of hydrogen-bond acceptors (Lipinski definition) is 5. The van der Waals surface area contributed by atoms with Gasteiger partial charge in [-0.3, -0.25) is 4.90 Å². The summed E-state index contributed by atoms with van der Waals surface area (Å²) in [7, 11) is -5.12. The molecule has 0 aliphatic heterocycles. The zero-order valence-electron chi connectivity index (χ0n) is 19.6. The summed E-state index contributed by atoms with van der Waals surface area (Å²) in [6.45, 7) is 26.7. The lowest BCUT2D eigenvalue weighted by Crippen LogP contribution is -2.39. The average molecular weight is 476 g/mol. The van der Waals surface area contributed by atoms with E-state index in [2.05, 4.69) is 97.6 Å². The summed E-state index contributed by atoms with van der Waals surface area (Å²) in [6, 6.07) is 0. The van der Waals surface area contributed by atoms with Gasteiger partial charge in [-0.2, -0.15) is 0 Å². The Morgan fingerprint density at radius 2 is 0.692 bits per heavy atom. The molecule has 26 heavy (non-hydrogen) atoms. The first-order valence-electron chi connectivity index (χ1n) is 9.22. The van der Waals surface area contributed by atoms with Gasteiger partial charge in [0.25, 0.3) is 0 Å². The molecule has 0 aliphatic rings. The summed E-state index contributed by atoms with van der Waals surface area (Å²) in [6.07, 6.45) is 0. The molecule has 0 N–H and O–H groups in total. The van der Waals surface area contributed by atoms with E-state index < -0.39 is 50.0 Å². The third-order valence-electron chi connectivity index (χ3n) is 2.29. The van der Waals surface area contributed by atoms with Crippen LogP contribution in [-0.4, -0.2) is 57.8 Å². The van der Waals surface area contributed by atoms with Crippen molar-refractivity contribution in [2.24, 2.45) is 0 Å². The van der Waals surface area contributed by atoms with Gasteiger partial charge in [0.05, 0.1) is 0 Å². The maximum Gasteiger partial charge on any atom is 0.191 e. The minimum absolute atomic E-state index is 0.0249. The zero-order valence-corrected chi connectivity index (χ0v) is 25.3. The Labute approximate surface area is 169 Å². The molecule has 11 heteroatoms. The summed E-state index contributed by atoms with van der Waals surface area (Å²) in [5.41, 5.74) is 0.0249.